The lowest BCUT2D eigenvalue weighted by molar-refractivity contribution is -0.383. The Balaban J connectivity index is 2.58. The molecule has 0 radical (unpaired) electrons. The molecule has 0 bridgehead atoms. The molecule has 6 heteroatoms. The second-order valence-corrected chi connectivity index (χ2v) is 4.07. The van der Waals surface area contributed by atoms with Crippen molar-refractivity contribution in [1.82, 2.24) is 4.98 Å². The molecule has 5 nitrogen and oxygen atoms in total. The molecule has 2 rings (SSSR count). The van der Waals surface area contributed by atoms with Crippen LogP contribution in [0.25, 0.3) is 10.9 Å². The van der Waals surface area contributed by atoms with Gasteiger partial charge in [-0.25, -0.2) is 0 Å². The Bertz CT molecular complexity index is 559. The van der Waals surface area contributed by atoms with Crippen LogP contribution < -0.4 is 4.74 Å². The first-order valence-electron chi connectivity index (χ1n) is 4.95. The fourth-order valence-electron chi connectivity index (χ4n) is 1.56. The van der Waals surface area contributed by atoms with Gasteiger partial charge in [0.25, 0.3) is 5.69 Å². The Morgan fingerprint density at radius 3 is 2.94 bits per heavy atom. The standard InChI is InChI=1S/C11H9BrN2O3/c12-5-7-17-10-4-3-9(14(15)16)8-2-1-6-13-11(8)10/h1-4,6H,5,7H2. The summed E-state index contributed by atoms with van der Waals surface area (Å²) in [7, 11) is 0. The topological polar surface area (TPSA) is 65.3 Å². The van der Waals surface area contributed by atoms with Crippen LogP contribution in [0.3, 0.4) is 0 Å². The fraction of sp³-hybridized carbons (Fsp3) is 0.182. The first kappa shape index (κ1) is 11.8. The monoisotopic (exact) mass is 296 g/mol. The number of fused-ring (bicyclic) bond motifs is 1. The number of benzene rings is 1. The van der Waals surface area contributed by atoms with E-state index in [2.05, 4.69) is 20.9 Å². The Morgan fingerprint density at radius 1 is 1.41 bits per heavy atom. The second-order valence-electron chi connectivity index (χ2n) is 3.28. The lowest BCUT2D eigenvalue weighted by Gasteiger charge is -2.07. The number of rotatable bonds is 4. The van der Waals surface area contributed by atoms with Crippen LogP contribution in [0.4, 0.5) is 5.69 Å². The molecule has 0 amide bonds. The smallest absolute Gasteiger partial charge is 0.279 e. The number of halogens is 1. The third-order valence-electron chi connectivity index (χ3n) is 2.24. The zero-order chi connectivity index (χ0) is 12.3. The van der Waals surface area contributed by atoms with E-state index in [1.807, 2.05) is 0 Å². The van der Waals surface area contributed by atoms with Crippen LogP contribution in [0.1, 0.15) is 0 Å². The largest absolute Gasteiger partial charge is 0.490 e. The predicted molar refractivity (Wildman–Crippen MR) is 67.7 cm³/mol. The van der Waals surface area contributed by atoms with Gasteiger partial charge in [0.1, 0.15) is 11.3 Å². The number of pyridine rings is 1. The quantitative estimate of drug-likeness (QED) is 0.494. The summed E-state index contributed by atoms with van der Waals surface area (Å²) in [6, 6.07) is 6.36. The van der Waals surface area contributed by atoms with E-state index in [1.54, 1.807) is 24.4 Å². The van der Waals surface area contributed by atoms with Crippen LogP contribution in [-0.4, -0.2) is 21.8 Å². The minimum Gasteiger partial charge on any atom is -0.490 e. The number of aromatic nitrogens is 1. The molecule has 0 aliphatic heterocycles. The summed E-state index contributed by atoms with van der Waals surface area (Å²) in [5.74, 6) is 0.561. The van der Waals surface area contributed by atoms with Gasteiger partial charge in [0.2, 0.25) is 0 Å². The lowest BCUT2D eigenvalue weighted by Crippen LogP contribution is -2.00. The highest BCUT2D eigenvalue weighted by molar-refractivity contribution is 9.09. The average molecular weight is 297 g/mol. The number of non-ortho nitro benzene ring substituents is 1. The Hall–Kier alpha value is -1.69. The number of hydrogen-bond donors (Lipinski definition) is 0. The predicted octanol–water partition coefficient (Wildman–Crippen LogP) is 2.92. The third kappa shape index (κ3) is 2.36. The van der Waals surface area contributed by atoms with Crippen molar-refractivity contribution in [3.05, 3.63) is 40.6 Å². The Kier molecular flexibility index (Phi) is 3.53. The average Bonchev–Trinajstić information content (AvgIpc) is 2.35. The summed E-state index contributed by atoms with van der Waals surface area (Å²) in [6.07, 6.45) is 1.59. The van der Waals surface area contributed by atoms with Gasteiger partial charge in [-0.3, -0.25) is 15.1 Å². The van der Waals surface area contributed by atoms with Gasteiger partial charge >= 0.3 is 0 Å². The molecule has 0 saturated heterocycles. The van der Waals surface area contributed by atoms with Crippen molar-refractivity contribution in [2.45, 2.75) is 0 Å². The first-order valence-corrected chi connectivity index (χ1v) is 6.07. The zero-order valence-electron chi connectivity index (χ0n) is 8.80. The van der Waals surface area contributed by atoms with Crippen molar-refractivity contribution in [1.29, 1.82) is 0 Å². The minimum atomic E-state index is -0.418. The number of nitro groups is 1. The Morgan fingerprint density at radius 2 is 2.24 bits per heavy atom. The molecule has 1 aromatic carbocycles. The van der Waals surface area contributed by atoms with Crippen LogP contribution >= 0.6 is 15.9 Å². The molecule has 17 heavy (non-hydrogen) atoms. The highest BCUT2D eigenvalue weighted by Crippen LogP contribution is 2.31. The van der Waals surface area contributed by atoms with E-state index in [0.29, 0.717) is 28.6 Å². The molecular formula is C11H9BrN2O3. The maximum Gasteiger partial charge on any atom is 0.279 e. The SMILES string of the molecule is O=[N+]([O-])c1ccc(OCCBr)c2ncccc12. The molecule has 1 heterocycles. The van der Waals surface area contributed by atoms with E-state index < -0.39 is 4.92 Å². The zero-order valence-corrected chi connectivity index (χ0v) is 10.4. The molecular weight excluding hydrogens is 288 g/mol. The maximum atomic E-state index is 10.9. The van der Waals surface area contributed by atoms with Crippen molar-refractivity contribution in [2.75, 3.05) is 11.9 Å². The fourth-order valence-corrected chi connectivity index (χ4v) is 1.72. The number of nitrogens with zero attached hydrogens (tertiary/aromatic N) is 2. The summed E-state index contributed by atoms with van der Waals surface area (Å²) in [4.78, 5) is 14.6. The number of ether oxygens (including phenoxy) is 1. The highest BCUT2D eigenvalue weighted by Gasteiger charge is 2.15. The molecule has 0 saturated carbocycles. The van der Waals surface area contributed by atoms with Gasteiger partial charge < -0.3 is 4.74 Å². The van der Waals surface area contributed by atoms with E-state index >= 15 is 0 Å². The molecule has 0 fully saturated rings. The van der Waals surface area contributed by atoms with Crippen LogP contribution in [0.2, 0.25) is 0 Å². The van der Waals surface area contributed by atoms with E-state index in [0.717, 1.165) is 0 Å². The van der Waals surface area contributed by atoms with Crippen molar-refractivity contribution in [2.24, 2.45) is 0 Å². The first-order chi connectivity index (χ1) is 8.24. The van der Waals surface area contributed by atoms with Crippen molar-refractivity contribution in [3.63, 3.8) is 0 Å². The van der Waals surface area contributed by atoms with Gasteiger partial charge in [-0.1, -0.05) is 15.9 Å². The summed E-state index contributed by atoms with van der Waals surface area (Å²) < 4.78 is 5.47. The lowest BCUT2D eigenvalue weighted by atomic mass is 10.1. The molecule has 0 aliphatic carbocycles. The summed E-state index contributed by atoms with van der Waals surface area (Å²) >= 11 is 3.25. The number of alkyl halides is 1. The van der Waals surface area contributed by atoms with Crippen molar-refractivity contribution < 1.29 is 9.66 Å². The minimum absolute atomic E-state index is 0.0410. The van der Waals surface area contributed by atoms with Crippen molar-refractivity contribution in [3.8, 4) is 5.75 Å². The molecule has 0 unspecified atom stereocenters. The van der Waals surface area contributed by atoms with Crippen LogP contribution in [0.15, 0.2) is 30.5 Å². The number of hydrogen-bond acceptors (Lipinski definition) is 4. The van der Waals surface area contributed by atoms with E-state index in [4.69, 9.17) is 4.74 Å². The highest BCUT2D eigenvalue weighted by atomic mass is 79.9. The van der Waals surface area contributed by atoms with Gasteiger partial charge in [-0.15, -0.1) is 0 Å². The van der Waals surface area contributed by atoms with E-state index in [9.17, 15) is 10.1 Å². The molecule has 88 valence electrons. The van der Waals surface area contributed by atoms with Gasteiger partial charge in [0, 0.05) is 17.6 Å². The van der Waals surface area contributed by atoms with Crippen LogP contribution in [0, 0.1) is 10.1 Å². The third-order valence-corrected chi connectivity index (χ3v) is 2.56. The summed E-state index contributed by atoms with van der Waals surface area (Å²) in [5, 5.41) is 12.1. The van der Waals surface area contributed by atoms with Gasteiger partial charge in [-0.05, 0) is 18.2 Å². The molecule has 2 aromatic rings. The number of nitro benzene ring substituents is 1. The molecule has 0 spiro atoms. The van der Waals surface area contributed by atoms with Gasteiger partial charge in [-0.2, -0.15) is 0 Å². The maximum absolute atomic E-state index is 10.9. The van der Waals surface area contributed by atoms with Crippen LogP contribution in [-0.2, 0) is 0 Å². The van der Waals surface area contributed by atoms with Crippen LogP contribution in [0.5, 0.6) is 5.75 Å². The van der Waals surface area contributed by atoms with Gasteiger partial charge in [0.15, 0.2) is 0 Å². The van der Waals surface area contributed by atoms with Crippen molar-refractivity contribution >= 4 is 32.5 Å². The molecule has 0 N–H and O–H groups in total. The second kappa shape index (κ2) is 5.09. The molecule has 0 aliphatic rings. The molecule has 0 atom stereocenters. The van der Waals surface area contributed by atoms with E-state index in [-0.39, 0.29) is 5.69 Å². The molecule has 1 aromatic heterocycles. The normalized spacial score (nSPS) is 10.4. The van der Waals surface area contributed by atoms with Gasteiger partial charge in [0.05, 0.1) is 16.9 Å². The van der Waals surface area contributed by atoms with E-state index in [1.165, 1.54) is 6.07 Å². The summed E-state index contributed by atoms with van der Waals surface area (Å²) in [5.41, 5.74) is 0.557. The summed E-state index contributed by atoms with van der Waals surface area (Å²) in [6.45, 7) is 0.490. The Labute approximate surface area is 106 Å².